The number of nitrogens with one attached hydrogen (secondary N) is 1. The van der Waals surface area contributed by atoms with Crippen LogP contribution in [-0.4, -0.2) is 57.1 Å². The molecule has 1 aromatic carbocycles. The molecule has 0 aliphatic carbocycles. The molecule has 0 atom stereocenters. The van der Waals surface area contributed by atoms with E-state index in [0.29, 0.717) is 55.1 Å². The second-order valence-corrected chi connectivity index (χ2v) is 6.88. The van der Waals surface area contributed by atoms with Gasteiger partial charge in [-0.15, -0.1) is 0 Å². The van der Waals surface area contributed by atoms with Crippen LogP contribution in [0.4, 0.5) is 17.7 Å². The third-order valence-electron chi connectivity index (χ3n) is 4.71. The normalized spacial score (nSPS) is 14.6. The molecule has 0 unspecified atom stereocenters. The lowest BCUT2D eigenvalue weighted by Gasteiger charge is -2.26. The topological polar surface area (TPSA) is 106 Å². The van der Waals surface area contributed by atoms with Gasteiger partial charge in [-0.05, 0) is 12.5 Å². The van der Waals surface area contributed by atoms with Crippen molar-refractivity contribution in [3.05, 3.63) is 54.3 Å². The van der Waals surface area contributed by atoms with Gasteiger partial charge in [0.2, 0.25) is 11.8 Å². The molecule has 1 fully saturated rings. The van der Waals surface area contributed by atoms with Crippen LogP contribution in [0.25, 0.3) is 11.2 Å². The highest BCUT2D eigenvalue weighted by Crippen LogP contribution is 2.26. The van der Waals surface area contributed by atoms with Crippen molar-refractivity contribution < 1.29 is 9.15 Å². The quantitative estimate of drug-likeness (QED) is 0.506. The van der Waals surface area contributed by atoms with Crippen molar-refractivity contribution in [3.63, 3.8) is 0 Å². The Labute approximate surface area is 172 Å². The summed E-state index contributed by atoms with van der Waals surface area (Å²) in [5.41, 5.74) is 3.35. The van der Waals surface area contributed by atoms with Crippen LogP contribution >= 0.6 is 0 Å². The molecule has 0 amide bonds. The number of aryl methyl sites for hydroxylation is 1. The van der Waals surface area contributed by atoms with E-state index >= 15 is 0 Å². The van der Waals surface area contributed by atoms with Crippen LogP contribution in [-0.2, 0) is 4.74 Å². The fourth-order valence-corrected chi connectivity index (χ4v) is 3.23. The van der Waals surface area contributed by atoms with Crippen LogP contribution in [0.15, 0.2) is 52.7 Å². The average Bonchev–Trinajstić information content (AvgIpc) is 3.43. The van der Waals surface area contributed by atoms with E-state index in [0.717, 1.165) is 5.56 Å². The molecule has 0 radical (unpaired) electrons. The summed E-state index contributed by atoms with van der Waals surface area (Å²) in [4.78, 5) is 19.9. The number of anilines is 3. The molecule has 10 nitrogen and oxygen atoms in total. The van der Waals surface area contributed by atoms with Gasteiger partial charge in [-0.1, -0.05) is 29.8 Å². The van der Waals surface area contributed by atoms with Crippen LogP contribution in [0.2, 0.25) is 0 Å². The van der Waals surface area contributed by atoms with E-state index in [-0.39, 0.29) is 0 Å². The van der Waals surface area contributed by atoms with Crippen molar-refractivity contribution in [1.82, 2.24) is 24.6 Å². The van der Waals surface area contributed by atoms with Gasteiger partial charge < -0.3 is 19.4 Å². The highest BCUT2D eigenvalue weighted by Gasteiger charge is 2.20. The molecule has 10 heteroatoms. The van der Waals surface area contributed by atoms with E-state index in [1.165, 1.54) is 12.0 Å². The number of imidazole rings is 1. The van der Waals surface area contributed by atoms with E-state index in [2.05, 4.69) is 36.3 Å². The van der Waals surface area contributed by atoms with E-state index < -0.39 is 0 Å². The first kappa shape index (κ1) is 18.3. The first-order valence-electron chi connectivity index (χ1n) is 9.60. The number of benzene rings is 1. The van der Waals surface area contributed by atoms with Crippen LogP contribution in [0, 0.1) is 6.92 Å². The molecular formula is C20H20N8O2. The summed E-state index contributed by atoms with van der Waals surface area (Å²) in [6.07, 6.45) is 6.35. The maximum absolute atomic E-state index is 5.45. The van der Waals surface area contributed by atoms with Crippen LogP contribution in [0.1, 0.15) is 11.1 Å². The Balaban J connectivity index is 1.56. The van der Waals surface area contributed by atoms with E-state index in [1.54, 1.807) is 23.4 Å². The van der Waals surface area contributed by atoms with Gasteiger partial charge in [0.05, 0.1) is 25.6 Å². The zero-order chi connectivity index (χ0) is 20.3. The van der Waals surface area contributed by atoms with Crippen molar-refractivity contribution in [1.29, 1.82) is 0 Å². The van der Waals surface area contributed by atoms with E-state index in [9.17, 15) is 0 Å². The fourth-order valence-electron chi connectivity index (χ4n) is 3.23. The summed E-state index contributed by atoms with van der Waals surface area (Å²) in [6, 6.07) is 8.11. The minimum Gasteiger partial charge on any atom is -0.428 e. The Morgan fingerprint density at radius 3 is 2.90 bits per heavy atom. The summed E-state index contributed by atoms with van der Waals surface area (Å²) < 4.78 is 12.4. The summed E-state index contributed by atoms with van der Waals surface area (Å²) >= 11 is 0. The average molecular weight is 404 g/mol. The Kier molecular flexibility index (Phi) is 4.81. The van der Waals surface area contributed by atoms with Gasteiger partial charge in [-0.25, -0.2) is 14.6 Å². The molecule has 1 N–H and O–H groups in total. The van der Waals surface area contributed by atoms with Crippen molar-refractivity contribution >= 4 is 35.0 Å². The highest BCUT2D eigenvalue weighted by molar-refractivity contribution is 5.87. The van der Waals surface area contributed by atoms with Crippen molar-refractivity contribution in [2.75, 3.05) is 36.5 Å². The Bertz CT molecular complexity index is 1180. The summed E-state index contributed by atoms with van der Waals surface area (Å²) in [5, 5.41) is 7.70. The fraction of sp³-hybridized carbons (Fsp3) is 0.250. The monoisotopic (exact) mass is 404 g/mol. The molecule has 0 bridgehead atoms. The standard InChI is InChI=1S/C20H20N8O2/c1-14-3-2-4-15(9-14)10-23-28-12-22-17-18(24-16-11-21-13-30-16)25-20(26-19(17)28)27-5-7-29-8-6-27/h2-4,9-13H,5-8H2,1H3,(H,24,25,26)/b23-10+. The molecular weight excluding hydrogens is 384 g/mol. The lowest BCUT2D eigenvalue weighted by Crippen LogP contribution is -2.37. The highest BCUT2D eigenvalue weighted by atomic mass is 16.5. The molecule has 4 heterocycles. The lowest BCUT2D eigenvalue weighted by atomic mass is 10.2. The molecule has 0 spiro atoms. The van der Waals surface area contributed by atoms with Gasteiger partial charge in [0.1, 0.15) is 6.33 Å². The number of hydrogen-bond donors (Lipinski definition) is 1. The van der Waals surface area contributed by atoms with E-state index in [4.69, 9.17) is 14.1 Å². The minimum absolute atomic E-state index is 0.473. The van der Waals surface area contributed by atoms with Gasteiger partial charge in [0.15, 0.2) is 23.4 Å². The predicted molar refractivity (Wildman–Crippen MR) is 112 cm³/mol. The zero-order valence-corrected chi connectivity index (χ0v) is 16.4. The third-order valence-corrected chi connectivity index (χ3v) is 4.71. The van der Waals surface area contributed by atoms with Crippen molar-refractivity contribution in [3.8, 4) is 0 Å². The second-order valence-electron chi connectivity index (χ2n) is 6.88. The summed E-state index contributed by atoms with van der Waals surface area (Å²) in [6.45, 7) is 4.75. The van der Waals surface area contributed by atoms with Crippen LogP contribution in [0.5, 0.6) is 0 Å². The van der Waals surface area contributed by atoms with Crippen molar-refractivity contribution in [2.24, 2.45) is 5.10 Å². The lowest BCUT2D eigenvalue weighted by molar-refractivity contribution is 0.122. The Hall–Kier alpha value is -3.79. The maximum Gasteiger partial charge on any atom is 0.229 e. The number of aromatic nitrogens is 5. The largest absolute Gasteiger partial charge is 0.428 e. The molecule has 30 heavy (non-hydrogen) atoms. The second kappa shape index (κ2) is 7.91. The molecule has 5 rings (SSSR count). The van der Waals surface area contributed by atoms with Gasteiger partial charge in [-0.3, -0.25) is 0 Å². The number of hydrogen-bond acceptors (Lipinski definition) is 9. The van der Waals surface area contributed by atoms with Gasteiger partial charge in [0, 0.05) is 13.1 Å². The molecule has 1 aliphatic heterocycles. The number of nitrogens with zero attached hydrogens (tertiary/aromatic N) is 7. The molecule has 3 aromatic heterocycles. The van der Waals surface area contributed by atoms with Crippen molar-refractivity contribution in [2.45, 2.75) is 6.92 Å². The third kappa shape index (κ3) is 3.72. The zero-order valence-electron chi connectivity index (χ0n) is 16.4. The number of oxazole rings is 1. The maximum atomic E-state index is 5.45. The SMILES string of the molecule is Cc1cccc(/C=N/n2cnc3c(Nc4cnco4)nc(N4CCOCC4)nc32)c1. The molecule has 1 aliphatic rings. The van der Waals surface area contributed by atoms with Crippen LogP contribution in [0.3, 0.4) is 0 Å². The smallest absolute Gasteiger partial charge is 0.229 e. The number of fused-ring (bicyclic) bond motifs is 1. The number of morpholine rings is 1. The first-order chi connectivity index (χ1) is 14.8. The van der Waals surface area contributed by atoms with Crippen LogP contribution < -0.4 is 10.2 Å². The molecule has 1 saturated heterocycles. The minimum atomic E-state index is 0.473. The molecule has 0 saturated carbocycles. The molecule has 152 valence electrons. The summed E-state index contributed by atoms with van der Waals surface area (Å²) in [7, 11) is 0. The predicted octanol–water partition coefficient (Wildman–Crippen LogP) is 2.59. The van der Waals surface area contributed by atoms with Gasteiger partial charge in [-0.2, -0.15) is 15.1 Å². The Morgan fingerprint density at radius 1 is 1.20 bits per heavy atom. The Morgan fingerprint density at radius 2 is 2.10 bits per heavy atom. The van der Waals surface area contributed by atoms with Gasteiger partial charge >= 0.3 is 0 Å². The summed E-state index contributed by atoms with van der Waals surface area (Å²) in [5.74, 6) is 1.59. The van der Waals surface area contributed by atoms with Gasteiger partial charge in [0.25, 0.3) is 0 Å². The first-order valence-corrected chi connectivity index (χ1v) is 9.60. The number of ether oxygens (including phenoxy) is 1. The number of rotatable bonds is 5. The molecule has 4 aromatic rings. The van der Waals surface area contributed by atoms with E-state index in [1.807, 2.05) is 25.1 Å².